The maximum Gasteiger partial charge on any atom is 0.352 e. The minimum atomic E-state index is -3.86. The number of nitrogens with one attached hydrogen (secondary N) is 1. The van der Waals surface area contributed by atoms with Gasteiger partial charge in [-0.1, -0.05) is 6.07 Å². The molecule has 2 N–H and O–H groups in total. The molecule has 106 valence electrons. The molecular formula is C12H13N3O4S. The molecule has 0 unspecified atom stereocenters. The summed E-state index contributed by atoms with van der Waals surface area (Å²) in [5.41, 5.74) is 0.795. The van der Waals surface area contributed by atoms with Crippen LogP contribution in [0.15, 0.2) is 35.5 Å². The van der Waals surface area contributed by atoms with Gasteiger partial charge in [-0.15, -0.1) is 0 Å². The van der Waals surface area contributed by atoms with Gasteiger partial charge in [0.05, 0.1) is 0 Å². The number of rotatable bonds is 4. The summed E-state index contributed by atoms with van der Waals surface area (Å²) in [5.74, 6) is -1.02. The second kappa shape index (κ2) is 4.97. The van der Waals surface area contributed by atoms with Crippen molar-refractivity contribution in [1.29, 1.82) is 0 Å². The molecule has 0 radical (unpaired) electrons. The molecular weight excluding hydrogens is 282 g/mol. The molecule has 8 heteroatoms. The third kappa shape index (κ3) is 2.80. The van der Waals surface area contributed by atoms with E-state index in [9.17, 15) is 13.2 Å². The highest BCUT2D eigenvalue weighted by Crippen LogP contribution is 2.17. The van der Waals surface area contributed by atoms with Gasteiger partial charge < -0.3 is 9.67 Å². The zero-order chi connectivity index (χ0) is 14.9. The van der Waals surface area contributed by atoms with Crippen molar-refractivity contribution in [2.75, 3.05) is 4.72 Å². The number of aromatic carboxylic acids is 1. The van der Waals surface area contributed by atoms with Crippen molar-refractivity contribution in [2.24, 2.45) is 7.05 Å². The Labute approximate surface area is 115 Å². The summed E-state index contributed by atoms with van der Waals surface area (Å²) in [5, 5.41) is 8.92. The molecule has 0 aliphatic rings. The Balaban J connectivity index is 2.33. The molecule has 0 bridgehead atoms. The summed E-state index contributed by atoms with van der Waals surface area (Å²) in [7, 11) is -2.39. The van der Waals surface area contributed by atoms with E-state index >= 15 is 0 Å². The standard InChI is InChI=1S/C12H13N3O4S/c1-8-3-4-11(13-6-8)14-20(18,19)9-5-10(12(16)17)15(2)7-9/h3-7H,1-2H3,(H,13,14)(H,16,17). The number of aromatic nitrogens is 2. The van der Waals surface area contributed by atoms with E-state index in [0.29, 0.717) is 0 Å². The monoisotopic (exact) mass is 295 g/mol. The molecule has 0 saturated carbocycles. The van der Waals surface area contributed by atoms with E-state index in [1.54, 1.807) is 6.07 Å². The Bertz CT molecular complexity index is 748. The normalized spacial score (nSPS) is 11.3. The van der Waals surface area contributed by atoms with Gasteiger partial charge in [-0.25, -0.2) is 18.2 Å². The van der Waals surface area contributed by atoms with Gasteiger partial charge in [0.15, 0.2) is 0 Å². The molecule has 0 spiro atoms. The van der Waals surface area contributed by atoms with Gasteiger partial charge in [0.1, 0.15) is 16.4 Å². The Kier molecular flexibility index (Phi) is 3.49. The van der Waals surface area contributed by atoms with E-state index in [2.05, 4.69) is 9.71 Å². The molecule has 0 aliphatic carbocycles. The Morgan fingerprint density at radius 2 is 2.10 bits per heavy atom. The van der Waals surface area contributed by atoms with E-state index in [-0.39, 0.29) is 16.4 Å². The maximum absolute atomic E-state index is 12.1. The average Bonchev–Trinajstić information content (AvgIpc) is 2.75. The zero-order valence-electron chi connectivity index (χ0n) is 10.9. The Morgan fingerprint density at radius 1 is 1.40 bits per heavy atom. The summed E-state index contributed by atoms with van der Waals surface area (Å²) in [4.78, 5) is 14.7. The van der Waals surface area contributed by atoms with Crippen LogP contribution in [0.25, 0.3) is 0 Å². The number of sulfonamides is 1. The molecule has 0 atom stereocenters. The topological polar surface area (TPSA) is 101 Å². The molecule has 0 aliphatic heterocycles. The third-order valence-electron chi connectivity index (χ3n) is 2.66. The molecule has 0 amide bonds. The molecule has 2 aromatic heterocycles. The van der Waals surface area contributed by atoms with Crippen molar-refractivity contribution in [3.63, 3.8) is 0 Å². The van der Waals surface area contributed by atoms with Gasteiger partial charge in [-0.3, -0.25) is 4.72 Å². The lowest BCUT2D eigenvalue weighted by molar-refractivity contribution is 0.0686. The lowest BCUT2D eigenvalue weighted by atomic mass is 10.3. The van der Waals surface area contributed by atoms with Gasteiger partial charge >= 0.3 is 5.97 Å². The largest absolute Gasteiger partial charge is 0.477 e. The lowest BCUT2D eigenvalue weighted by Gasteiger charge is -2.05. The van der Waals surface area contributed by atoms with Crippen molar-refractivity contribution in [2.45, 2.75) is 11.8 Å². The Morgan fingerprint density at radius 3 is 2.60 bits per heavy atom. The fraction of sp³-hybridized carbons (Fsp3) is 0.167. The molecule has 0 fully saturated rings. The van der Waals surface area contributed by atoms with Crippen molar-refractivity contribution in [3.05, 3.63) is 41.9 Å². The summed E-state index contributed by atoms with van der Waals surface area (Å²) in [6.45, 7) is 1.83. The van der Waals surface area contributed by atoms with Gasteiger partial charge in [0.25, 0.3) is 10.0 Å². The fourth-order valence-corrected chi connectivity index (χ4v) is 2.70. The number of nitrogens with zero attached hydrogens (tertiary/aromatic N) is 2. The third-order valence-corrected chi connectivity index (χ3v) is 3.98. The van der Waals surface area contributed by atoms with Crippen LogP contribution in [-0.4, -0.2) is 29.0 Å². The summed E-state index contributed by atoms with van der Waals surface area (Å²) in [6, 6.07) is 4.35. The number of pyridine rings is 1. The number of anilines is 1. The minimum absolute atomic E-state index is 0.109. The van der Waals surface area contributed by atoms with Crippen LogP contribution in [0.5, 0.6) is 0 Å². The summed E-state index contributed by atoms with van der Waals surface area (Å²) < 4.78 is 27.8. The Hall–Kier alpha value is -2.35. The highest BCUT2D eigenvalue weighted by Gasteiger charge is 2.20. The van der Waals surface area contributed by atoms with Crippen LogP contribution in [0, 0.1) is 6.92 Å². The number of aryl methyl sites for hydroxylation is 2. The van der Waals surface area contributed by atoms with E-state index in [4.69, 9.17) is 5.11 Å². The number of carboxylic acids is 1. The van der Waals surface area contributed by atoms with Crippen molar-refractivity contribution in [1.82, 2.24) is 9.55 Å². The van der Waals surface area contributed by atoms with Crippen LogP contribution in [0.2, 0.25) is 0 Å². The maximum atomic E-state index is 12.1. The molecule has 7 nitrogen and oxygen atoms in total. The number of hydrogen-bond acceptors (Lipinski definition) is 4. The van der Waals surface area contributed by atoms with E-state index in [0.717, 1.165) is 11.6 Å². The van der Waals surface area contributed by atoms with Crippen LogP contribution in [0.1, 0.15) is 16.1 Å². The average molecular weight is 295 g/mol. The van der Waals surface area contributed by atoms with Crippen molar-refractivity contribution in [3.8, 4) is 0 Å². The first kappa shape index (κ1) is 14.1. The highest BCUT2D eigenvalue weighted by atomic mass is 32.2. The number of hydrogen-bond donors (Lipinski definition) is 2. The minimum Gasteiger partial charge on any atom is -0.477 e. The first-order valence-electron chi connectivity index (χ1n) is 5.65. The zero-order valence-corrected chi connectivity index (χ0v) is 11.7. The quantitative estimate of drug-likeness (QED) is 0.883. The van der Waals surface area contributed by atoms with Gasteiger partial charge in [-0.2, -0.15) is 0 Å². The lowest BCUT2D eigenvalue weighted by Crippen LogP contribution is -2.13. The molecule has 2 heterocycles. The summed E-state index contributed by atoms with van der Waals surface area (Å²) >= 11 is 0. The van der Waals surface area contributed by atoms with Crippen LogP contribution in [0.4, 0.5) is 5.82 Å². The van der Waals surface area contributed by atoms with Crippen LogP contribution in [0.3, 0.4) is 0 Å². The van der Waals surface area contributed by atoms with Crippen LogP contribution >= 0.6 is 0 Å². The molecule has 20 heavy (non-hydrogen) atoms. The van der Waals surface area contributed by atoms with E-state index < -0.39 is 16.0 Å². The van der Waals surface area contributed by atoms with Crippen LogP contribution < -0.4 is 4.72 Å². The fourth-order valence-electron chi connectivity index (χ4n) is 1.62. The van der Waals surface area contributed by atoms with Gasteiger partial charge in [0.2, 0.25) is 0 Å². The molecule has 2 rings (SSSR count). The smallest absolute Gasteiger partial charge is 0.352 e. The first-order chi connectivity index (χ1) is 9.29. The van der Waals surface area contributed by atoms with Crippen molar-refractivity contribution < 1.29 is 18.3 Å². The van der Waals surface area contributed by atoms with Crippen LogP contribution in [-0.2, 0) is 17.1 Å². The van der Waals surface area contributed by atoms with Crippen molar-refractivity contribution >= 4 is 21.8 Å². The van der Waals surface area contributed by atoms with E-state index in [1.165, 1.54) is 30.1 Å². The second-order valence-corrected chi connectivity index (χ2v) is 5.99. The highest BCUT2D eigenvalue weighted by molar-refractivity contribution is 7.92. The molecule has 0 saturated heterocycles. The van der Waals surface area contributed by atoms with E-state index in [1.807, 2.05) is 6.92 Å². The summed E-state index contributed by atoms with van der Waals surface area (Å²) in [6.07, 6.45) is 2.77. The second-order valence-electron chi connectivity index (χ2n) is 4.30. The van der Waals surface area contributed by atoms with Gasteiger partial charge in [-0.05, 0) is 24.6 Å². The van der Waals surface area contributed by atoms with Gasteiger partial charge in [0, 0.05) is 19.4 Å². The predicted octanol–water partition coefficient (Wildman–Crippen LogP) is 1.23. The molecule has 0 aromatic carbocycles. The number of carboxylic acid groups (broad SMARTS) is 1. The molecule has 2 aromatic rings. The SMILES string of the molecule is Cc1ccc(NS(=O)(=O)c2cc(C(=O)O)n(C)c2)nc1. The predicted molar refractivity (Wildman–Crippen MR) is 72.2 cm³/mol. The number of carbonyl (C=O) groups is 1. The first-order valence-corrected chi connectivity index (χ1v) is 7.13.